The quantitative estimate of drug-likeness (QED) is 0.682. The molecule has 9 heteroatoms. The van der Waals surface area contributed by atoms with E-state index in [0.717, 1.165) is 12.1 Å². The van der Waals surface area contributed by atoms with Crippen molar-refractivity contribution in [2.75, 3.05) is 13.1 Å². The van der Waals surface area contributed by atoms with Gasteiger partial charge in [-0.25, -0.2) is 0 Å². The third-order valence-electron chi connectivity index (χ3n) is 5.56. The minimum Gasteiger partial charge on any atom is -0.332 e. The molecule has 0 aliphatic carbocycles. The lowest BCUT2D eigenvalue weighted by Crippen LogP contribution is -2.60. The summed E-state index contributed by atoms with van der Waals surface area (Å²) in [5, 5.41) is 3.41. The highest BCUT2D eigenvalue weighted by molar-refractivity contribution is 6.68. The van der Waals surface area contributed by atoms with Crippen molar-refractivity contribution in [1.29, 1.82) is 0 Å². The topological polar surface area (TPSA) is 54.3 Å². The Morgan fingerprint density at radius 1 is 1.07 bits per heavy atom. The number of aromatic nitrogens is 1. The first-order valence-electron chi connectivity index (χ1n) is 9.29. The number of nitrogens with zero attached hydrogens (tertiary/aromatic N) is 2. The maximum absolute atomic E-state index is 12.7. The molecule has 1 aromatic carbocycles. The van der Waals surface area contributed by atoms with Crippen LogP contribution in [0.15, 0.2) is 47.3 Å². The lowest BCUT2D eigenvalue weighted by Gasteiger charge is -2.47. The molecule has 29 heavy (non-hydrogen) atoms. The summed E-state index contributed by atoms with van der Waals surface area (Å²) in [5.74, 6) is 0.0349. The molecule has 0 spiro atoms. The van der Waals surface area contributed by atoms with Crippen LogP contribution in [0.3, 0.4) is 0 Å². The Bertz CT molecular complexity index is 971. The van der Waals surface area contributed by atoms with Gasteiger partial charge in [0.1, 0.15) is 6.17 Å². The Balaban J connectivity index is 1.58. The molecule has 154 valence electrons. The second kappa shape index (κ2) is 8.12. The van der Waals surface area contributed by atoms with Crippen LogP contribution in [0, 0.1) is 5.92 Å². The second-order valence-corrected chi connectivity index (χ2v) is 10.4. The first-order valence-corrected chi connectivity index (χ1v) is 10.8. The van der Waals surface area contributed by atoms with Gasteiger partial charge >= 0.3 is 0 Å². The Morgan fingerprint density at radius 2 is 1.79 bits per heavy atom. The second-order valence-electron chi connectivity index (χ2n) is 7.58. The van der Waals surface area contributed by atoms with Crippen LogP contribution < -0.4 is 10.9 Å². The monoisotopic (exact) mass is 473 g/mol. The Kier molecular flexibility index (Phi) is 5.88. The van der Waals surface area contributed by atoms with E-state index in [-0.39, 0.29) is 23.3 Å². The summed E-state index contributed by atoms with van der Waals surface area (Å²) in [7, 11) is 0. The third kappa shape index (κ3) is 4.44. The van der Waals surface area contributed by atoms with Gasteiger partial charge < -0.3 is 9.88 Å². The molecule has 5 nitrogen and oxygen atoms in total. The van der Waals surface area contributed by atoms with E-state index in [0.29, 0.717) is 30.2 Å². The number of benzene rings is 1. The molecule has 1 fully saturated rings. The Labute approximate surface area is 188 Å². The van der Waals surface area contributed by atoms with Crippen molar-refractivity contribution in [1.82, 2.24) is 14.8 Å². The number of hydrogen-bond acceptors (Lipinski definition) is 3. The van der Waals surface area contributed by atoms with Crippen LogP contribution in [0.5, 0.6) is 0 Å². The van der Waals surface area contributed by atoms with Gasteiger partial charge in [0.15, 0.2) is 0 Å². The van der Waals surface area contributed by atoms with Crippen LogP contribution in [0.1, 0.15) is 28.4 Å². The maximum Gasteiger partial charge on any atom is 0.252 e. The number of alkyl halides is 3. The molecule has 2 bridgehead atoms. The number of nitrogens with one attached hydrogen (secondary N) is 1. The fraction of sp³-hybridized carbons (Fsp3) is 0.400. The number of hydrogen-bond donors (Lipinski definition) is 1. The predicted octanol–water partition coefficient (Wildman–Crippen LogP) is 4.05. The zero-order valence-electron chi connectivity index (χ0n) is 15.3. The van der Waals surface area contributed by atoms with E-state index in [1.165, 1.54) is 0 Å². The van der Waals surface area contributed by atoms with E-state index >= 15 is 0 Å². The minimum absolute atomic E-state index is 0.0135. The van der Waals surface area contributed by atoms with Crippen molar-refractivity contribution in [3.63, 3.8) is 0 Å². The van der Waals surface area contributed by atoms with Crippen molar-refractivity contribution in [3.05, 3.63) is 69.1 Å². The van der Waals surface area contributed by atoms with Crippen LogP contribution in [0.2, 0.25) is 5.02 Å². The van der Waals surface area contributed by atoms with Crippen molar-refractivity contribution < 1.29 is 4.79 Å². The van der Waals surface area contributed by atoms with Gasteiger partial charge in [-0.1, -0.05) is 52.5 Å². The summed E-state index contributed by atoms with van der Waals surface area (Å²) in [4.78, 5) is 27.0. The molecule has 2 aliphatic heterocycles. The normalized spacial score (nSPS) is 22.6. The standard InChI is InChI=1S/C20H19Cl4N3O2/c21-15-6-4-13(5-7-15)18(29)25-19(20(22,23)24)26-9-12-8-14(11-26)16-2-1-3-17(28)27(16)10-12/h1-7,12,14,19H,8-11H2,(H,25,29)/t12-,14+,19+/m1/s1. The average Bonchev–Trinajstić information content (AvgIpc) is 2.66. The number of amides is 1. The number of carbonyl (C=O) groups excluding carboxylic acids is 1. The van der Waals surface area contributed by atoms with Crippen LogP contribution in [-0.2, 0) is 6.54 Å². The van der Waals surface area contributed by atoms with Gasteiger partial charge in [0.2, 0.25) is 3.79 Å². The van der Waals surface area contributed by atoms with E-state index in [4.69, 9.17) is 46.4 Å². The third-order valence-corrected chi connectivity index (χ3v) is 6.43. The fourth-order valence-electron chi connectivity index (χ4n) is 4.33. The summed E-state index contributed by atoms with van der Waals surface area (Å²) in [6.45, 7) is 1.83. The van der Waals surface area contributed by atoms with Gasteiger partial charge in [-0.15, -0.1) is 0 Å². The fourth-order valence-corrected chi connectivity index (χ4v) is 5.04. The van der Waals surface area contributed by atoms with E-state index < -0.39 is 9.96 Å². The van der Waals surface area contributed by atoms with E-state index in [2.05, 4.69) is 5.32 Å². The molecule has 0 radical (unpaired) electrons. The summed E-state index contributed by atoms with van der Waals surface area (Å²) >= 11 is 24.7. The van der Waals surface area contributed by atoms with E-state index in [9.17, 15) is 9.59 Å². The van der Waals surface area contributed by atoms with Gasteiger partial charge in [-0.05, 0) is 42.7 Å². The van der Waals surface area contributed by atoms with Gasteiger partial charge in [0.25, 0.3) is 11.5 Å². The summed E-state index contributed by atoms with van der Waals surface area (Å²) < 4.78 is 0.122. The van der Waals surface area contributed by atoms with Crippen molar-refractivity contribution >= 4 is 52.3 Å². The molecular formula is C20H19Cl4N3O2. The lowest BCUT2D eigenvalue weighted by atomic mass is 9.83. The van der Waals surface area contributed by atoms with Gasteiger partial charge in [-0.3, -0.25) is 14.5 Å². The molecule has 2 aliphatic rings. The predicted molar refractivity (Wildman–Crippen MR) is 116 cm³/mol. The lowest BCUT2D eigenvalue weighted by molar-refractivity contribution is 0.0586. The van der Waals surface area contributed by atoms with Crippen LogP contribution in [0.4, 0.5) is 0 Å². The number of fused-ring (bicyclic) bond motifs is 4. The van der Waals surface area contributed by atoms with Crippen molar-refractivity contribution in [2.45, 2.75) is 28.8 Å². The van der Waals surface area contributed by atoms with Gasteiger partial charge in [-0.2, -0.15) is 0 Å². The molecule has 0 unspecified atom stereocenters. The SMILES string of the molecule is O=C(N[C@@H](N1C[C@H]2C[C@@H](C1)c1cccc(=O)n1C2)C(Cl)(Cl)Cl)c1ccc(Cl)cc1. The van der Waals surface area contributed by atoms with Gasteiger partial charge in [0.05, 0.1) is 0 Å². The highest BCUT2D eigenvalue weighted by atomic mass is 35.6. The molecular weight excluding hydrogens is 456 g/mol. The molecule has 0 saturated carbocycles. The first kappa shape index (κ1) is 21.0. The number of pyridine rings is 1. The van der Waals surface area contributed by atoms with Crippen molar-refractivity contribution in [2.24, 2.45) is 5.92 Å². The minimum atomic E-state index is -1.72. The molecule has 1 saturated heterocycles. The highest BCUT2D eigenvalue weighted by Crippen LogP contribution is 2.40. The van der Waals surface area contributed by atoms with Crippen LogP contribution in [0.25, 0.3) is 0 Å². The molecule has 3 heterocycles. The molecule has 1 N–H and O–H groups in total. The summed E-state index contributed by atoms with van der Waals surface area (Å²) in [6.07, 6.45) is 0.167. The number of likely N-dealkylation sites (tertiary alicyclic amines) is 1. The Morgan fingerprint density at radius 3 is 2.48 bits per heavy atom. The number of carbonyl (C=O) groups is 1. The summed E-state index contributed by atoms with van der Waals surface area (Å²) in [6, 6.07) is 11.9. The highest BCUT2D eigenvalue weighted by Gasteiger charge is 2.44. The van der Waals surface area contributed by atoms with E-state index in [1.807, 2.05) is 15.5 Å². The molecule has 2 aromatic rings. The van der Waals surface area contributed by atoms with Crippen LogP contribution >= 0.6 is 46.4 Å². The smallest absolute Gasteiger partial charge is 0.252 e. The van der Waals surface area contributed by atoms with Crippen molar-refractivity contribution in [3.8, 4) is 0 Å². The Hall–Kier alpha value is -1.24. The largest absolute Gasteiger partial charge is 0.332 e. The number of piperidine rings is 1. The average molecular weight is 475 g/mol. The number of halogens is 4. The molecule has 4 rings (SSSR count). The van der Waals surface area contributed by atoms with Crippen LogP contribution in [-0.4, -0.2) is 38.4 Å². The first-order chi connectivity index (χ1) is 13.7. The molecule has 1 amide bonds. The number of rotatable bonds is 3. The van der Waals surface area contributed by atoms with Gasteiger partial charge in [0, 0.05) is 47.9 Å². The summed E-state index contributed by atoms with van der Waals surface area (Å²) in [5.41, 5.74) is 1.44. The van der Waals surface area contributed by atoms with E-state index in [1.54, 1.807) is 36.4 Å². The zero-order chi connectivity index (χ0) is 20.8. The molecule has 1 aromatic heterocycles. The zero-order valence-corrected chi connectivity index (χ0v) is 18.3. The molecule has 3 atom stereocenters. The maximum atomic E-state index is 12.7.